The molecule has 1 aliphatic heterocycles. The van der Waals surface area contributed by atoms with Gasteiger partial charge in [-0.2, -0.15) is 0 Å². The van der Waals surface area contributed by atoms with Gasteiger partial charge in [0.15, 0.2) is 0 Å². The second-order valence-corrected chi connectivity index (χ2v) is 9.28. The molecule has 1 aliphatic rings. The van der Waals surface area contributed by atoms with Crippen molar-refractivity contribution in [3.05, 3.63) is 53.6 Å². The van der Waals surface area contributed by atoms with Crippen molar-refractivity contribution in [3.63, 3.8) is 0 Å². The standard InChI is InChI=1S/C21H25N3O4S/c1-14(2)22-20(25)21(26)23-17-9-8-16-5-4-12-24(19(16)13-17)29(27,28)18-10-6-15(3)7-11-18/h6-11,13-14H,4-5,12H2,1-3H3,(H,22,25)(H,23,26). The maximum absolute atomic E-state index is 13.2. The molecule has 0 aromatic heterocycles. The van der Waals surface area contributed by atoms with Crippen molar-refractivity contribution in [1.82, 2.24) is 5.32 Å². The Balaban J connectivity index is 1.90. The first-order valence-corrected chi connectivity index (χ1v) is 11.0. The van der Waals surface area contributed by atoms with Crippen molar-refractivity contribution >= 4 is 33.2 Å². The van der Waals surface area contributed by atoms with Crippen LogP contribution in [0.5, 0.6) is 0 Å². The van der Waals surface area contributed by atoms with Gasteiger partial charge in [0.2, 0.25) is 0 Å². The molecule has 0 aliphatic carbocycles. The van der Waals surface area contributed by atoms with Crippen LogP contribution in [-0.2, 0) is 26.0 Å². The van der Waals surface area contributed by atoms with Crippen LogP contribution in [0.2, 0.25) is 0 Å². The summed E-state index contributed by atoms with van der Waals surface area (Å²) in [5.74, 6) is -1.52. The number of aryl methyl sites for hydroxylation is 2. The molecule has 0 saturated heterocycles. The van der Waals surface area contributed by atoms with E-state index in [1.54, 1.807) is 56.3 Å². The van der Waals surface area contributed by atoms with Crippen LogP contribution in [0.25, 0.3) is 0 Å². The topological polar surface area (TPSA) is 95.6 Å². The number of fused-ring (bicyclic) bond motifs is 1. The molecule has 2 aromatic carbocycles. The Morgan fingerprint density at radius 1 is 1.03 bits per heavy atom. The van der Waals surface area contributed by atoms with Crippen LogP contribution in [-0.4, -0.2) is 32.8 Å². The Hall–Kier alpha value is -2.87. The van der Waals surface area contributed by atoms with Gasteiger partial charge in [0.05, 0.1) is 10.6 Å². The zero-order valence-corrected chi connectivity index (χ0v) is 17.5. The minimum absolute atomic E-state index is 0.160. The number of hydrogen-bond donors (Lipinski definition) is 2. The largest absolute Gasteiger partial charge is 0.346 e. The van der Waals surface area contributed by atoms with Gasteiger partial charge in [-0.3, -0.25) is 13.9 Å². The van der Waals surface area contributed by atoms with Crippen LogP contribution in [0.15, 0.2) is 47.4 Å². The van der Waals surface area contributed by atoms with Crippen molar-refractivity contribution in [1.29, 1.82) is 0 Å². The number of amides is 2. The molecule has 0 atom stereocenters. The first-order chi connectivity index (χ1) is 13.7. The molecular formula is C21H25N3O4S. The highest BCUT2D eigenvalue weighted by Crippen LogP contribution is 2.34. The third kappa shape index (κ3) is 4.59. The summed E-state index contributed by atoms with van der Waals surface area (Å²) < 4.78 is 27.8. The van der Waals surface area contributed by atoms with Crippen LogP contribution in [0.3, 0.4) is 0 Å². The Kier molecular flexibility index (Phi) is 5.93. The van der Waals surface area contributed by atoms with Gasteiger partial charge in [0.25, 0.3) is 10.0 Å². The molecule has 0 fully saturated rings. The molecule has 7 nitrogen and oxygen atoms in total. The second kappa shape index (κ2) is 8.24. The number of anilines is 2. The molecule has 8 heteroatoms. The lowest BCUT2D eigenvalue weighted by molar-refractivity contribution is -0.136. The average Bonchev–Trinajstić information content (AvgIpc) is 2.67. The summed E-state index contributed by atoms with van der Waals surface area (Å²) in [5, 5.41) is 5.07. The predicted octanol–water partition coefficient (Wildman–Crippen LogP) is 2.60. The third-order valence-electron chi connectivity index (χ3n) is 4.65. The van der Waals surface area contributed by atoms with Gasteiger partial charge in [-0.05, 0) is 63.4 Å². The Bertz CT molecular complexity index is 1030. The van der Waals surface area contributed by atoms with Gasteiger partial charge in [-0.1, -0.05) is 23.8 Å². The SMILES string of the molecule is Cc1ccc(S(=O)(=O)N2CCCc3ccc(NC(=O)C(=O)NC(C)C)cc32)cc1. The van der Waals surface area contributed by atoms with Crippen molar-refractivity contribution in [2.24, 2.45) is 0 Å². The number of carbonyl (C=O) groups excluding carboxylic acids is 2. The number of benzene rings is 2. The minimum Gasteiger partial charge on any atom is -0.346 e. The summed E-state index contributed by atoms with van der Waals surface area (Å²) in [6, 6.07) is 11.7. The number of carbonyl (C=O) groups is 2. The molecule has 0 saturated carbocycles. The number of hydrogen-bond acceptors (Lipinski definition) is 4. The molecule has 0 bridgehead atoms. The van der Waals surface area contributed by atoms with Gasteiger partial charge in [-0.25, -0.2) is 8.42 Å². The van der Waals surface area contributed by atoms with E-state index in [0.29, 0.717) is 24.3 Å². The van der Waals surface area contributed by atoms with E-state index >= 15 is 0 Å². The lowest BCUT2D eigenvalue weighted by atomic mass is 10.0. The van der Waals surface area contributed by atoms with Crippen molar-refractivity contribution in [2.45, 2.75) is 44.6 Å². The summed E-state index contributed by atoms with van der Waals surface area (Å²) in [7, 11) is -3.73. The molecule has 154 valence electrons. The Morgan fingerprint density at radius 3 is 2.38 bits per heavy atom. The van der Waals surface area contributed by atoms with E-state index in [9.17, 15) is 18.0 Å². The van der Waals surface area contributed by atoms with Gasteiger partial charge < -0.3 is 10.6 Å². The van der Waals surface area contributed by atoms with Crippen LogP contribution < -0.4 is 14.9 Å². The highest BCUT2D eigenvalue weighted by atomic mass is 32.2. The zero-order valence-electron chi connectivity index (χ0n) is 16.7. The van der Waals surface area contributed by atoms with E-state index in [1.165, 1.54) is 4.31 Å². The molecular weight excluding hydrogens is 390 g/mol. The molecule has 29 heavy (non-hydrogen) atoms. The summed E-state index contributed by atoms with van der Waals surface area (Å²) in [6.45, 7) is 5.78. The number of nitrogens with one attached hydrogen (secondary N) is 2. The summed E-state index contributed by atoms with van der Waals surface area (Å²) in [6.07, 6.45) is 1.46. The van der Waals surface area contributed by atoms with Crippen LogP contribution >= 0.6 is 0 Å². The van der Waals surface area contributed by atoms with E-state index in [2.05, 4.69) is 10.6 Å². The number of nitrogens with zero attached hydrogens (tertiary/aromatic N) is 1. The minimum atomic E-state index is -3.73. The van der Waals surface area contributed by atoms with Crippen LogP contribution in [0.1, 0.15) is 31.4 Å². The fourth-order valence-corrected chi connectivity index (χ4v) is 4.75. The van der Waals surface area contributed by atoms with Crippen molar-refractivity contribution < 1.29 is 18.0 Å². The van der Waals surface area contributed by atoms with Gasteiger partial charge in [-0.15, -0.1) is 0 Å². The molecule has 0 unspecified atom stereocenters. The average molecular weight is 416 g/mol. The van der Waals surface area contributed by atoms with Crippen LogP contribution in [0.4, 0.5) is 11.4 Å². The van der Waals surface area contributed by atoms with Gasteiger partial charge in [0.1, 0.15) is 0 Å². The van der Waals surface area contributed by atoms with E-state index in [4.69, 9.17) is 0 Å². The Morgan fingerprint density at radius 2 is 1.72 bits per heavy atom. The third-order valence-corrected chi connectivity index (χ3v) is 6.48. The van der Waals surface area contributed by atoms with Crippen molar-refractivity contribution in [2.75, 3.05) is 16.2 Å². The van der Waals surface area contributed by atoms with E-state index in [-0.39, 0.29) is 10.9 Å². The van der Waals surface area contributed by atoms with E-state index < -0.39 is 21.8 Å². The van der Waals surface area contributed by atoms with Gasteiger partial charge >= 0.3 is 11.8 Å². The summed E-state index contributed by atoms with van der Waals surface area (Å²) in [4.78, 5) is 24.2. The van der Waals surface area contributed by atoms with Crippen molar-refractivity contribution in [3.8, 4) is 0 Å². The summed E-state index contributed by atoms with van der Waals surface area (Å²) in [5.41, 5.74) is 2.77. The highest BCUT2D eigenvalue weighted by molar-refractivity contribution is 7.92. The van der Waals surface area contributed by atoms with E-state index in [1.807, 2.05) is 6.92 Å². The first-order valence-electron chi connectivity index (χ1n) is 9.52. The molecule has 2 N–H and O–H groups in total. The lowest BCUT2D eigenvalue weighted by Gasteiger charge is -2.31. The molecule has 1 heterocycles. The summed E-state index contributed by atoms with van der Waals surface area (Å²) >= 11 is 0. The van der Waals surface area contributed by atoms with Crippen LogP contribution in [0, 0.1) is 6.92 Å². The zero-order chi connectivity index (χ0) is 21.2. The normalized spacial score (nSPS) is 13.7. The smallest absolute Gasteiger partial charge is 0.313 e. The quantitative estimate of drug-likeness (QED) is 0.751. The van der Waals surface area contributed by atoms with Gasteiger partial charge in [0, 0.05) is 18.3 Å². The molecule has 2 amide bonds. The monoisotopic (exact) mass is 415 g/mol. The molecule has 3 rings (SSSR count). The second-order valence-electron chi connectivity index (χ2n) is 7.42. The maximum Gasteiger partial charge on any atom is 0.313 e. The molecule has 0 spiro atoms. The fraction of sp³-hybridized carbons (Fsp3) is 0.333. The highest BCUT2D eigenvalue weighted by Gasteiger charge is 2.29. The predicted molar refractivity (Wildman–Crippen MR) is 112 cm³/mol. The fourth-order valence-electron chi connectivity index (χ4n) is 3.22. The number of rotatable bonds is 4. The lowest BCUT2D eigenvalue weighted by Crippen LogP contribution is -2.39. The molecule has 0 radical (unpaired) electrons. The maximum atomic E-state index is 13.2. The number of sulfonamides is 1. The van der Waals surface area contributed by atoms with E-state index in [0.717, 1.165) is 17.5 Å². The Labute approximate surface area is 171 Å². The first kappa shape index (κ1) is 20.9. The molecule has 2 aromatic rings.